The number of ether oxygens (including phenoxy) is 1. The lowest BCUT2D eigenvalue weighted by Crippen LogP contribution is -2.30. The third kappa shape index (κ3) is 4.07. The molecule has 5 heteroatoms. The van der Waals surface area contributed by atoms with Gasteiger partial charge in [-0.3, -0.25) is 9.78 Å². The molecule has 1 N–H and O–H groups in total. The van der Waals surface area contributed by atoms with Crippen LogP contribution < -0.4 is 10.1 Å². The molecule has 0 bridgehead atoms. The Balaban J connectivity index is 2.07. The average molecular weight is 363 g/mol. The van der Waals surface area contributed by atoms with Crippen molar-refractivity contribution in [2.75, 3.05) is 5.32 Å². The standard InChI is InChI=1S/C17H19BrN2O2/c1-10-9-11(2)19-12(3)16(10)20-17(21)13(4)22-15-7-5-14(18)6-8-15/h5-9,13H,1-4H3,(H,20,21). The van der Waals surface area contributed by atoms with E-state index in [4.69, 9.17) is 4.74 Å². The number of amides is 1. The summed E-state index contributed by atoms with van der Waals surface area (Å²) >= 11 is 3.36. The summed E-state index contributed by atoms with van der Waals surface area (Å²) in [5.74, 6) is 0.459. The third-order valence-corrected chi connectivity index (χ3v) is 3.80. The molecule has 116 valence electrons. The van der Waals surface area contributed by atoms with E-state index >= 15 is 0 Å². The van der Waals surface area contributed by atoms with Gasteiger partial charge in [0.2, 0.25) is 0 Å². The molecule has 0 aliphatic rings. The highest BCUT2D eigenvalue weighted by Gasteiger charge is 2.17. The number of anilines is 1. The highest BCUT2D eigenvalue weighted by Crippen LogP contribution is 2.21. The first-order valence-corrected chi connectivity index (χ1v) is 7.84. The van der Waals surface area contributed by atoms with Gasteiger partial charge in [0, 0.05) is 10.2 Å². The van der Waals surface area contributed by atoms with Crippen molar-refractivity contribution in [1.29, 1.82) is 0 Å². The van der Waals surface area contributed by atoms with Crippen LogP contribution in [0.15, 0.2) is 34.8 Å². The maximum Gasteiger partial charge on any atom is 0.265 e. The normalized spacial score (nSPS) is 11.9. The second kappa shape index (κ2) is 6.92. The lowest BCUT2D eigenvalue weighted by molar-refractivity contribution is -0.122. The monoisotopic (exact) mass is 362 g/mol. The van der Waals surface area contributed by atoms with Gasteiger partial charge in [-0.05, 0) is 63.6 Å². The molecule has 2 aromatic rings. The van der Waals surface area contributed by atoms with Crippen molar-refractivity contribution in [3.63, 3.8) is 0 Å². The van der Waals surface area contributed by atoms with Crippen molar-refractivity contribution >= 4 is 27.5 Å². The number of hydrogen-bond donors (Lipinski definition) is 1. The number of rotatable bonds is 4. The molecule has 22 heavy (non-hydrogen) atoms. The Hall–Kier alpha value is -1.88. The minimum absolute atomic E-state index is 0.195. The van der Waals surface area contributed by atoms with E-state index in [-0.39, 0.29) is 5.91 Å². The minimum atomic E-state index is -0.596. The zero-order valence-corrected chi connectivity index (χ0v) is 14.7. The van der Waals surface area contributed by atoms with Crippen LogP contribution in [0.1, 0.15) is 23.9 Å². The van der Waals surface area contributed by atoms with Gasteiger partial charge in [0.15, 0.2) is 6.10 Å². The number of halogens is 1. The fraction of sp³-hybridized carbons (Fsp3) is 0.294. The van der Waals surface area contributed by atoms with Gasteiger partial charge >= 0.3 is 0 Å². The molecule has 0 aliphatic carbocycles. The number of aryl methyl sites for hydroxylation is 3. The fourth-order valence-corrected chi connectivity index (χ4v) is 2.47. The molecule has 0 aliphatic heterocycles. The molecule has 1 aromatic heterocycles. The molecule has 1 aromatic carbocycles. The zero-order valence-electron chi connectivity index (χ0n) is 13.1. The first-order chi connectivity index (χ1) is 10.4. The molecule has 0 radical (unpaired) electrons. The Morgan fingerprint density at radius 2 is 1.86 bits per heavy atom. The van der Waals surface area contributed by atoms with Crippen LogP contribution in [0.5, 0.6) is 5.75 Å². The molecule has 0 saturated heterocycles. The van der Waals surface area contributed by atoms with Crippen LogP contribution in [0.4, 0.5) is 5.69 Å². The number of pyridine rings is 1. The van der Waals surface area contributed by atoms with Crippen LogP contribution in [0, 0.1) is 20.8 Å². The smallest absolute Gasteiger partial charge is 0.265 e. The Morgan fingerprint density at radius 1 is 1.23 bits per heavy atom. The Labute approximate surface area is 139 Å². The maximum absolute atomic E-state index is 12.3. The number of carbonyl (C=O) groups excluding carboxylic acids is 1. The van der Waals surface area contributed by atoms with Crippen LogP contribution in [0.3, 0.4) is 0 Å². The Morgan fingerprint density at radius 3 is 2.45 bits per heavy atom. The van der Waals surface area contributed by atoms with Gasteiger partial charge in [-0.1, -0.05) is 15.9 Å². The fourth-order valence-electron chi connectivity index (χ4n) is 2.21. The van der Waals surface area contributed by atoms with Crippen LogP contribution in [-0.4, -0.2) is 17.0 Å². The molecular formula is C17H19BrN2O2. The molecular weight excluding hydrogens is 344 g/mol. The van der Waals surface area contributed by atoms with Crippen LogP contribution in [0.25, 0.3) is 0 Å². The lowest BCUT2D eigenvalue weighted by Gasteiger charge is -2.17. The predicted molar refractivity (Wildman–Crippen MR) is 91.3 cm³/mol. The molecule has 2 rings (SSSR count). The van der Waals surface area contributed by atoms with E-state index in [9.17, 15) is 4.79 Å². The molecule has 1 heterocycles. The largest absolute Gasteiger partial charge is 0.481 e. The van der Waals surface area contributed by atoms with Crippen LogP contribution >= 0.6 is 15.9 Å². The summed E-state index contributed by atoms with van der Waals surface area (Å²) in [5.41, 5.74) is 3.49. The van der Waals surface area contributed by atoms with Gasteiger partial charge in [-0.25, -0.2) is 0 Å². The van der Waals surface area contributed by atoms with Gasteiger partial charge in [0.25, 0.3) is 5.91 Å². The summed E-state index contributed by atoms with van der Waals surface area (Å²) in [6.45, 7) is 7.50. The number of hydrogen-bond acceptors (Lipinski definition) is 3. The van der Waals surface area contributed by atoms with Gasteiger partial charge in [-0.15, -0.1) is 0 Å². The number of benzene rings is 1. The first-order valence-electron chi connectivity index (χ1n) is 7.04. The summed E-state index contributed by atoms with van der Waals surface area (Å²) in [6, 6.07) is 9.33. The van der Waals surface area contributed by atoms with Gasteiger partial charge in [0.05, 0.1) is 11.4 Å². The molecule has 1 amide bonds. The molecule has 0 spiro atoms. The quantitative estimate of drug-likeness (QED) is 0.887. The number of aromatic nitrogens is 1. The van der Waals surface area contributed by atoms with Crippen molar-refractivity contribution in [3.05, 3.63) is 51.8 Å². The summed E-state index contributed by atoms with van der Waals surface area (Å²) in [6.07, 6.45) is -0.596. The van der Waals surface area contributed by atoms with E-state index in [1.165, 1.54) is 0 Å². The Kier molecular flexibility index (Phi) is 5.19. The third-order valence-electron chi connectivity index (χ3n) is 3.27. The lowest BCUT2D eigenvalue weighted by atomic mass is 10.1. The zero-order chi connectivity index (χ0) is 16.3. The minimum Gasteiger partial charge on any atom is -0.481 e. The van der Waals surface area contributed by atoms with Gasteiger partial charge < -0.3 is 10.1 Å². The van der Waals surface area contributed by atoms with E-state index in [0.29, 0.717) is 5.75 Å². The predicted octanol–water partition coefficient (Wildman–Crippen LogP) is 4.18. The topological polar surface area (TPSA) is 51.2 Å². The van der Waals surface area contributed by atoms with E-state index in [1.54, 1.807) is 6.92 Å². The van der Waals surface area contributed by atoms with E-state index in [2.05, 4.69) is 26.2 Å². The molecule has 1 atom stereocenters. The van der Waals surface area contributed by atoms with Crippen molar-refractivity contribution in [3.8, 4) is 5.75 Å². The number of nitrogens with one attached hydrogen (secondary N) is 1. The van der Waals surface area contributed by atoms with Crippen LogP contribution in [-0.2, 0) is 4.79 Å². The van der Waals surface area contributed by atoms with Crippen molar-refractivity contribution in [1.82, 2.24) is 4.98 Å². The van der Waals surface area contributed by atoms with Crippen molar-refractivity contribution in [2.45, 2.75) is 33.8 Å². The maximum atomic E-state index is 12.3. The van der Waals surface area contributed by atoms with Gasteiger partial charge in [-0.2, -0.15) is 0 Å². The van der Waals surface area contributed by atoms with E-state index in [0.717, 1.165) is 27.1 Å². The van der Waals surface area contributed by atoms with E-state index < -0.39 is 6.10 Å². The molecule has 0 saturated carbocycles. The summed E-state index contributed by atoms with van der Waals surface area (Å²) in [5, 5.41) is 2.90. The molecule has 1 unspecified atom stereocenters. The Bertz CT molecular complexity index is 661. The number of nitrogens with zero attached hydrogens (tertiary/aromatic N) is 1. The summed E-state index contributed by atoms with van der Waals surface area (Å²) in [7, 11) is 0. The molecule has 0 fully saturated rings. The van der Waals surface area contributed by atoms with Gasteiger partial charge in [0.1, 0.15) is 5.75 Å². The van der Waals surface area contributed by atoms with Crippen LogP contribution in [0.2, 0.25) is 0 Å². The summed E-state index contributed by atoms with van der Waals surface area (Å²) < 4.78 is 6.62. The highest BCUT2D eigenvalue weighted by atomic mass is 79.9. The van der Waals surface area contributed by atoms with E-state index in [1.807, 2.05) is 51.1 Å². The number of carbonyl (C=O) groups is 1. The second-order valence-electron chi connectivity index (χ2n) is 5.24. The average Bonchev–Trinajstić information content (AvgIpc) is 2.45. The second-order valence-corrected chi connectivity index (χ2v) is 6.16. The first kappa shape index (κ1) is 16.5. The highest BCUT2D eigenvalue weighted by molar-refractivity contribution is 9.10. The molecule has 4 nitrogen and oxygen atoms in total. The van der Waals surface area contributed by atoms with Crippen molar-refractivity contribution < 1.29 is 9.53 Å². The SMILES string of the molecule is Cc1cc(C)c(NC(=O)C(C)Oc2ccc(Br)cc2)c(C)n1. The van der Waals surface area contributed by atoms with Crippen molar-refractivity contribution in [2.24, 2.45) is 0 Å². The summed E-state index contributed by atoms with van der Waals surface area (Å²) in [4.78, 5) is 16.7.